The molecule has 0 saturated heterocycles. The second kappa shape index (κ2) is 5.78. The minimum Gasteiger partial charge on any atom is -1.00 e. The molecule has 0 fully saturated rings. The molecule has 0 heterocycles. The first-order valence-electron chi connectivity index (χ1n) is 1.56. The monoisotopic (exact) mass is 145 g/mol. The van der Waals surface area contributed by atoms with Gasteiger partial charge in [0.05, 0.1) is 0 Å². The average Bonchev–Trinajstić information content (AvgIpc) is 1.27. The summed E-state index contributed by atoms with van der Waals surface area (Å²) < 4.78 is 23.0. The molecule has 0 aromatic carbocycles. The van der Waals surface area contributed by atoms with E-state index in [4.69, 9.17) is 0 Å². The third-order valence-electron chi connectivity index (χ3n) is 0.210. The second-order valence-electron chi connectivity index (χ2n) is 0.989. The minimum absolute atomic E-state index is 0. The molecule has 8 heavy (non-hydrogen) atoms. The molecule has 0 N–H and O–H groups in total. The third-order valence-corrected chi connectivity index (χ3v) is 0.631. The van der Waals surface area contributed by atoms with Crippen LogP contribution in [0.2, 0.25) is 0 Å². The first-order chi connectivity index (χ1) is 3.13. The van der Waals surface area contributed by atoms with Gasteiger partial charge >= 0.3 is 29.6 Å². The summed E-state index contributed by atoms with van der Waals surface area (Å²) in [5.74, 6) is 0.174. The van der Waals surface area contributed by atoms with Gasteiger partial charge in [0.25, 0.3) is 0 Å². The van der Waals surface area contributed by atoms with Gasteiger partial charge in [-0.1, -0.05) is 6.58 Å². The van der Waals surface area contributed by atoms with Crippen LogP contribution in [0.4, 0.5) is 0 Å². The molecule has 1 atom stereocenters. The van der Waals surface area contributed by atoms with Crippen LogP contribution in [0.25, 0.3) is 0 Å². The Morgan fingerprint density at radius 3 is 2.38 bits per heavy atom. The molecule has 0 spiro atoms. The molecule has 0 bridgehead atoms. The molecule has 0 amide bonds. The predicted molar refractivity (Wildman–Crippen MR) is 25.9 cm³/mol. The second-order valence-corrected chi connectivity index (χ2v) is 1.56. The summed E-state index contributed by atoms with van der Waals surface area (Å²) in [6.07, 6.45) is 0. The summed E-state index contributed by atoms with van der Waals surface area (Å²) in [5, 5.41) is 0. The summed E-state index contributed by atoms with van der Waals surface area (Å²) in [6.45, 7) is 4.63. The Kier molecular flexibility index (Phi) is 8.27. The van der Waals surface area contributed by atoms with Crippen molar-refractivity contribution < 1.29 is 43.9 Å². The van der Waals surface area contributed by atoms with E-state index in [0.29, 0.717) is 0 Å². The van der Waals surface area contributed by atoms with Crippen LogP contribution in [0.15, 0.2) is 12.3 Å². The molecule has 0 aromatic heterocycles. The zero-order chi connectivity index (χ0) is 5.86. The van der Waals surface area contributed by atoms with Gasteiger partial charge in [-0.25, -0.2) is 4.21 Å². The zero-order valence-electron chi connectivity index (χ0n) is 5.84. The van der Waals surface area contributed by atoms with Crippen molar-refractivity contribution in [2.45, 2.75) is 6.92 Å². The maximum Gasteiger partial charge on any atom is 1.00 e. The molecule has 0 aliphatic rings. The van der Waals surface area contributed by atoms with Gasteiger partial charge in [-0.3, -0.25) is 0 Å². The van der Waals surface area contributed by atoms with Gasteiger partial charge < -0.3 is 10.2 Å². The first kappa shape index (κ1) is 11.4. The maximum atomic E-state index is 9.53. The van der Waals surface area contributed by atoms with Crippen molar-refractivity contribution in [2.75, 3.05) is 0 Å². The summed E-state index contributed by atoms with van der Waals surface area (Å²) in [5.41, 5.74) is 0. The predicted octanol–water partition coefficient (Wildman–Crippen LogP) is -2.55. The molecule has 1 unspecified atom stereocenters. The number of allylic oxidation sites excluding steroid dienone is 1. The summed E-state index contributed by atoms with van der Waals surface area (Å²) in [7, 11) is 0. The SMILES string of the molecule is C=C(C)OS(=O)[O-].[H-].[Na+]. The van der Waals surface area contributed by atoms with E-state index < -0.39 is 11.4 Å². The largest absolute Gasteiger partial charge is 1.00 e. The fourth-order valence-corrected chi connectivity index (χ4v) is 0.348. The van der Waals surface area contributed by atoms with E-state index in [9.17, 15) is 8.76 Å². The summed E-state index contributed by atoms with van der Waals surface area (Å²) in [4.78, 5) is 0. The molecule has 0 radical (unpaired) electrons. The van der Waals surface area contributed by atoms with Crippen molar-refractivity contribution in [3.63, 3.8) is 0 Å². The van der Waals surface area contributed by atoms with E-state index in [1.54, 1.807) is 0 Å². The minimum atomic E-state index is -2.45. The normalized spacial score (nSPS) is 11.2. The van der Waals surface area contributed by atoms with Gasteiger partial charge in [0.15, 0.2) is 0 Å². The van der Waals surface area contributed by atoms with Crippen LogP contribution in [-0.2, 0) is 15.5 Å². The van der Waals surface area contributed by atoms with Crippen molar-refractivity contribution in [3.8, 4) is 0 Å². The van der Waals surface area contributed by atoms with E-state index in [2.05, 4.69) is 10.8 Å². The van der Waals surface area contributed by atoms with E-state index >= 15 is 0 Å². The van der Waals surface area contributed by atoms with Gasteiger partial charge in [-0.05, 0) is 6.92 Å². The van der Waals surface area contributed by atoms with Crippen LogP contribution in [0, 0.1) is 0 Å². The van der Waals surface area contributed by atoms with E-state index in [0.717, 1.165) is 0 Å². The molecule has 44 valence electrons. The quantitative estimate of drug-likeness (QED) is 0.244. The Labute approximate surface area is 74.4 Å². The molecular formula is C3H6NaO3S-. The van der Waals surface area contributed by atoms with Crippen molar-refractivity contribution >= 4 is 11.4 Å². The summed E-state index contributed by atoms with van der Waals surface area (Å²) >= 11 is -2.45. The van der Waals surface area contributed by atoms with E-state index in [1.165, 1.54) is 6.92 Å². The number of rotatable bonds is 2. The Bertz CT molecular complexity index is 95.2. The van der Waals surface area contributed by atoms with Crippen molar-refractivity contribution in [3.05, 3.63) is 12.3 Å². The van der Waals surface area contributed by atoms with Crippen LogP contribution in [0.5, 0.6) is 0 Å². The Morgan fingerprint density at radius 2 is 2.38 bits per heavy atom. The van der Waals surface area contributed by atoms with Crippen molar-refractivity contribution in [1.29, 1.82) is 0 Å². The third kappa shape index (κ3) is 9.82. The average molecular weight is 145 g/mol. The molecular weight excluding hydrogens is 139 g/mol. The molecule has 5 heteroatoms. The standard InChI is InChI=1S/C3H6O3S.Na.H/c1-3(2)6-7(4)5;;/h1H2,2H3,(H,4,5);;/q;+1;-1/p-1. The fraction of sp³-hybridized carbons (Fsp3) is 0.333. The fourth-order valence-electron chi connectivity index (χ4n) is 0.116. The Hall–Kier alpha value is 0.650. The van der Waals surface area contributed by atoms with Crippen molar-refractivity contribution in [1.82, 2.24) is 0 Å². The zero-order valence-corrected chi connectivity index (χ0v) is 7.66. The van der Waals surface area contributed by atoms with Gasteiger partial charge in [0.1, 0.15) is 17.1 Å². The van der Waals surface area contributed by atoms with Crippen LogP contribution in [-0.4, -0.2) is 8.76 Å². The van der Waals surface area contributed by atoms with Crippen LogP contribution in [0.3, 0.4) is 0 Å². The van der Waals surface area contributed by atoms with E-state index in [1.807, 2.05) is 0 Å². The smallest absolute Gasteiger partial charge is 1.00 e. The molecule has 3 nitrogen and oxygen atoms in total. The molecule has 0 aromatic rings. The van der Waals surface area contributed by atoms with Crippen LogP contribution >= 0.6 is 0 Å². The summed E-state index contributed by atoms with van der Waals surface area (Å²) in [6, 6.07) is 0. The van der Waals surface area contributed by atoms with Gasteiger partial charge in [-0.2, -0.15) is 0 Å². The molecule has 0 rings (SSSR count). The molecule has 0 aliphatic heterocycles. The molecule has 0 aliphatic carbocycles. The number of hydrogen-bond donors (Lipinski definition) is 0. The Morgan fingerprint density at radius 1 is 2.00 bits per heavy atom. The van der Waals surface area contributed by atoms with Gasteiger partial charge in [-0.15, -0.1) is 0 Å². The molecule has 0 saturated carbocycles. The number of hydrogen-bond acceptors (Lipinski definition) is 3. The maximum absolute atomic E-state index is 9.53. The first-order valence-corrected chi connectivity index (χ1v) is 2.56. The van der Waals surface area contributed by atoms with Crippen LogP contribution < -0.4 is 29.6 Å². The van der Waals surface area contributed by atoms with Crippen molar-refractivity contribution in [2.24, 2.45) is 0 Å². The topological polar surface area (TPSA) is 49.4 Å². The van der Waals surface area contributed by atoms with E-state index in [-0.39, 0.29) is 36.7 Å². The van der Waals surface area contributed by atoms with Crippen LogP contribution in [0.1, 0.15) is 8.35 Å². The Balaban J connectivity index is -0.000000180. The van der Waals surface area contributed by atoms with Gasteiger partial charge in [0, 0.05) is 0 Å². The van der Waals surface area contributed by atoms with Gasteiger partial charge in [0.2, 0.25) is 0 Å².